The first-order chi connectivity index (χ1) is 14.0. The maximum atomic E-state index is 13.1. The molecule has 4 rings (SSSR count). The molecule has 0 unspecified atom stereocenters. The van der Waals surface area contributed by atoms with Gasteiger partial charge in [-0.15, -0.1) is 11.3 Å². The molecule has 3 amide bonds. The molecule has 2 aromatic heterocycles. The fourth-order valence-corrected chi connectivity index (χ4v) is 5.55. The van der Waals surface area contributed by atoms with Crippen LogP contribution >= 0.6 is 11.3 Å². The number of hydrogen-bond donors (Lipinski definition) is 2. The van der Waals surface area contributed by atoms with Gasteiger partial charge in [0.2, 0.25) is 0 Å². The highest BCUT2D eigenvalue weighted by Gasteiger charge is 2.48. The van der Waals surface area contributed by atoms with Crippen molar-refractivity contribution in [1.29, 1.82) is 0 Å². The number of unbranched alkanes of at least 4 members (excludes halogenated alkanes) is 4. The molecule has 0 bridgehead atoms. The summed E-state index contributed by atoms with van der Waals surface area (Å²) in [6.45, 7) is 4.00. The average molecular weight is 416 g/mol. The number of rotatable bonds is 8. The van der Waals surface area contributed by atoms with Crippen LogP contribution in [0.1, 0.15) is 75.7 Å². The van der Waals surface area contributed by atoms with Gasteiger partial charge in [0, 0.05) is 4.88 Å². The molecule has 2 N–H and O–H groups in total. The smallest absolute Gasteiger partial charge is 0.322 e. The number of fused-ring (bicyclic) bond motifs is 3. The summed E-state index contributed by atoms with van der Waals surface area (Å²) in [5.74, 6) is 0.305. The number of nitrogens with one attached hydrogen (secondary N) is 2. The molecule has 2 aromatic rings. The Morgan fingerprint density at radius 1 is 1.17 bits per heavy atom. The molecule has 1 fully saturated rings. The normalized spacial score (nSPS) is 21.5. The van der Waals surface area contributed by atoms with E-state index in [1.54, 1.807) is 11.3 Å². The molecule has 1 atom stereocenters. The third-order valence-electron chi connectivity index (χ3n) is 6.01. The molecule has 0 aromatic carbocycles. The Morgan fingerprint density at radius 3 is 2.79 bits per heavy atom. The lowest BCUT2D eigenvalue weighted by molar-refractivity contribution is -0.130. The molecule has 29 heavy (non-hydrogen) atoms. The molecule has 0 saturated carbocycles. The topological polar surface area (TPSA) is 87.2 Å². The van der Waals surface area contributed by atoms with Gasteiger partial charge in [-0.2, -0.15) is 5.01 Å². The zero-order chi connectivity index (χ0) is 20.4. The first-order valence-electron chi connectivity index (χ1n) is 10.7. The van der Waals surface area contributed by atoms with Crippen molar-refractivity contribution in [2.75, 3.05) is 5.43 Å². The van der Waals surface area contributed by atoms with E-state index in [1.807, 2.05) is 6.92 Å². The van der Waals surface area contributed by atoms with E-state index in [0.29, 0.717) is 12.2 Å². The van der Waals surface area contributed by atoms with Crippen LogP contribution in [-0.4, -0.2) is 32.5 Å². The number of amides is 3. The Balaban J connectivity index is 1.52. The van der Waals surface area contributed by atoms with Crippen LogP contribution in [0.15, 0.2) is 6.33 Å². The lowest BCUT2D eigenvalue weighted by atomic mass is 9.94. The number of thiophene rings is 1. The van der Waals surface area contributed by atoms with E-state index in [1.165, 1.54) is 42.5 Å². The van der Waals surface area contributed by atoms with Crippen LogP contribution in [-0.2, 0) is 17.6 Å². The summed E-state index contributed by atoms with van der Waals surface area (Å²) in [5, 5.41) is 4.94. The van der Waals surface area contributed by atoms with Gasteiger partial charge < -0.3 is 5.32 Å². The van der Waals surface area contributed by atoms with Crippen molar-refractivity contribution in [3.8, 4) is 0 Å². The summed E-state index contributed by atoms with van der Waals surface area (Å²) in [7, 11) is 0. The predicted octanol–water partition coefficient (Wildman–Crippen LogP) is 4.57. The summed E-state index contributed by atoms with van der Waals surface area (Å²) in [6.07, 6.45) is 12.1. The zero-order valence-corrected chi connectivity index (χ0v) is 18.0. The van der Waals surface area contributed by atoms with E-state index in [2.05, 4.69) is 27.6 Å². The van der Waals surface area contributed by atoms with Gasteiger partial charge in [0.1, 0.15) is 16.7 Å². The number of hydrogen-bond acceptors (Lipinski definition) is 6. The minimum atomic E-state index is -0.865. The van der Waals surface area contributed by atoms with Crippen LogP contribution in [0, 0.1) is 0 Å². The van der Waals surface area contributed by atoms with Crippen LogP contribution < -0.4 is 10.7 Å². The molecule has 156 valence electrons. The number of hydrazine groups is 1. The van der Waals surface area contributed by atoms with Gasteiger partial charge in [-0.05, 0) is 44.6 Å². The number of urea groups is 1. The van der Waals surface area contributed by atoms with Gasteiger partial charge in [-0.3, -0.25) is 10.2 Å². The molecular formula is C21H29N5O2S. The van der Waals surface area contributed by atoms with Crippen LogP contribution in [0.3, 0.4) is 0 Å². The van der Waals surface area contributed by atoms with Gasteiger partial charge in [-0.1, -0.05) is 39.0 Å². The predicted molar refractivity (Wildman–Crippen MR) is 115 cm³/mol. The van der Waals surface area contributed by atoms with Gasteiger partial charge >= 0.3 is 6.03 Å². The molecule has 0 spiro atoms. The monoisotopic (exact) mass is 415 g/mol. The average Bonchev–Trinajstić information content (AvgIpc) is 3.19. The Bertz CT molecular complexity index is 927. The van der Waals surface area contributed by atoms with Crippen molar-refractivity contribution in [1.82, 2.24) is 20.3 Å². The Labute approximate surface area is 175 Å². The van der Waals surface area contributed by atoms with E-state index < -0.39 is 11.6 Å². The number of aromatic nitrogens is 2. The fourth-order valence-electron chi connectivity index (χ4n) is 4.32. The molecule has 1 aliphatic heterocycles. The second-order valence-electron chi connectivity index (χ2n) is 8.29. The van der Waals surface area contributed by atoms with Crippen molar-refractivity contribution >= 4 is 39.3 Å². The third-order valence-corrected chi connectivity index (χ3v) is 7.21. The molecule has 1 aliphatic carbocycles. The maximum Gasteiger partial charge on any atom is 0.344 e. The Hall–Kier alpha value is -2.22. The van der Waals surface area contributed by atoms with Crippen molar-refractivity contribution in [2.24, 2.45) is 0 Å². The highest BCUT2D eigenvalue weighted by Crippen LogP contribution is 2.38. The molecule has 8 heteroatoms. The third kappa shape index (κ3) is 3.82. The van der Waals surface area contributed by atoms with Crippen molar-refractivity contribution in [2.45, 2.75) is 83.6 Å². The van der Waals surface area contributed by atoms with Gasteiger partial charge in [0.25, 0.3) is 5.91 Å². The summed E-state index contributed by atoms with van der Waals surface area (Å²) in [6, 6.07) is -0.415. The van der Waals surface area contributed by atoms with Crippen LogP contribution in [0.2, 0.25) is 0 Å². The summed E-state index contributed by atoms with van der Waals surface area (Å²) < 4.78 is 0. The molecule has 0 radical (unpaired) electrons. The highest BCUT2D eigenvalue weighted by atomic mass is 32.1. The van der Waals surface area contributed by atoms with Crippen LogP contribution in [0.25, 0.3) is 10.2 Å². The lowest BCUT2D eigenvalue weighted by Crippen LogP contribution is -2.44. The lowest BCUT2D eigenvalue weighted by Gasteiger charge is -2.22. The highest BCUT2D eigenvalue weighted by molar-refractivity contribution is 7.19. The summed E-state index contributed by atoms with van der Waals surface area (Å²) in [4.78, 5) is 36.7. The van der Waals surface area contributed by atoms with Crippen molar-refractivity contribution in [3.63, 3.8) is 0 Å². The SMILES string of the molecule is CCCCCCC[C@@]1(C)NC(=O)N(Nc2ncnc3sc4c(c23)CCCC4)C1=O. The van der Waals surface area contributed by atoms with Gasteiger partial charge in [0.05, 0.1) is 5.39 Å². The van der Waals surface area contributed by atoms with Crippen molar-refractivity contribution in [3.05, 3.63) is 16.8 Å². The van der Waals surface area contributed by atoms with E-state index in [0.717, 1.165) is 47.3 Å². The van der Waals surface area contributed by atoms with Crippen molar-refractivity contribution < 1.29 is 9.59 Å². The molecule has 1 saturated heterocycles. The molecule has 2 aliphatic rings. The molecular weight excluding hydrogens is 386 g/mol. The molecule has 7 nitrogen and oxygen atoms in total. The summed E-state index contributed by atoms with van der Waals surface area (Å²) in [5.41, 5.74) is 3.42. The van der Waals surface area contributed by atoms with E-state index >= 15 is 0 Å². The number of carbonyl (C=O) groups excluding carboxylic acids is 2. The largest absolute Gasteiger partial charge is 0.344 e. The number of nitrogens with zero attached hydrogens (tertiary/aromatic N) is 3. The first-order valence-corrected chi connectivity index (χ1v) is 11.5. The van der Waals surface area contributed by atoms with E-state index in [-0.39, 0.29) is 5.91 Å². The maximum absolute atomic E-state index is 13.1. The molecule has 3 heterocycles. The van der Waals surface area contributed by atoms with Gasteiger partial charge in [-0.25, -0.2) is 14.8 Å². The minimum absolute atomic E-state index is 0.242. The second-order valence-corrected chi connectivity index (χ2v) is 9.38. The quantitative estimate of drug-likeness (QED) is 0.487. The van der Waals surface area contributed by atoms with Crippen LogP contribution in [0.4, 0.5) is 10.6 Å². The summed E-state index contributed by atoms with van der Waals surface area (Å²) >= 11 is 1.70. The Kier molecular flexibility index (Phi) is 5.72. The zero-order valence-electron chi connectivity index (χ0n) is 17.2. The number of imide groups is 1. The standard InChI is InChI=1S/C21H29N5O2S/c1-3-4-5-6-9-12-21(2)19(27)26(20(28)24-21)25-17-16-14-10-7-8-11-15(14)29-18(16)23-13-22-17/h13H,3-12H2,1-2H3,(H,24,28)(H,22,23,25)/t21-/m1/s1. The number of carbonyl (C=O) groups is 2. The fraction of sp³-hybridized carbons (Fsp3) is 0.619. The van der Waals surface area contributed by atoms with Gasteiger partial charge in [0.15, 0.2) is 5.82 Å². The number of aryl methyl sites for hydroxylation is 2. The minimum Gasteiger partial charge on any atom is -0.322 e. The first kappa shape index (κ1) is 20.1. The number of anilines is 1. The van der Waals surface area contributed by atoms with Crippen LogP contribution in [0.5, 0.6) is 0 Å². The van der Waals surface area contributed by atoms with E-state index in [9.17, 15) is 9.59 Å². The van der Waals surface area contributed by atoms with E-state index in [4.69, 9.17) is 0 Å². The second kappa shape index (κ2) is 8.26. The Morgan fingerprint density at radius 2 is 1.97 bits per heavy atom.